The van der Waals surface area contributed by atoms with E-state index < -0.39 is 23.3 Å². The number of amides is 1. The van der Waals surface area contributed by atoms with Crippen LogP contribution in [0.15, 0.2) is 30.5 Å². The fourth-order valence-electron chi connectivity index (χ4n) is 2.65. The molecule has 3 heterocycles. The number of aromatic nitrogens is 4. The van der Waals surface area contributed by atoms with Crippen molar-refractivity contribution in [1.29, 1.82) is 5.26 Å². The molecular formula is C20H16F3N7O. The predicted octanol–water partition coefficient (Wildman–Crippen LogP) is 4.07. The molecule has 11 heteroatoms. The molecule has 31 heavy (non-hydrogen) atoms. The van der Waals surface area contributed by atoms with E-state index in [0.29, 0.717) is 18.2 Å². The standard InChI is InChI=1S/C20H16F3N7O/c1-10-6-18(30-19(26-10)20(3,22)23)29-15-7-17(27-11(2)31)25-9-12(15)14-5-4-13(21)16(8-24)28-14/h4-7,9H,1-3H3,(H2,25,26,27,29,30,31). The van der Waals surface area contributed by atoms with Crippen molar-refractivity contribution < 1.29 is 18.0 Å². The van der Waals surface area contributed by atoms with Gasteiger partial charge in [0.25, 0.3) is 0 Å². The molecule has 1 amide bonds. The topological polar surface area (TPSA) is 116 Å². The highest BCUT2D eigenvalue weighted by molar-refractivity contribution is 5.89. The van der Waals surface area contributed by atoms with Crippen LogP contribution in [-0.2, 0) is 10.7 Å². The molecule has 0 aliphatic heterocycles. The van der Waals surface area contributed by atoms with Crippen molar-refractivity contribution in [1.82, 2.24) is 19.9 Å². The molecule has 158 valence electrons. The Kier molecular flexibility index (Phi) is 5.83. The number of nitrogens with one attached hydrogen (secondary N) is 2. The van der Waals surface area contributed by atoms with Crippen LogP contribution >= 0.6 is 0 Å². The smallest absolute Gasteiger partial charge is 0.303 e. The zero-order chi connectivity index (χ0) is 22.8. The Morgan fingerprint density at radius 2 is 1.90 bits per heavy atom. The molecule has 0 saturated heterocycles. The lowest BCUT2D eigenvalue weighted by molar-refractivity contribution is -0.114. The van der Waals surface area contributed by atoms with Gasteiger partial charge < -0.3 is 10.6 Å². The summed E-state index contributed by atoms with van der Waals surface area (Å²) in [5, 5.41) is 14.5. The highest BCUT2D eigenvalue weighted by Gasteiger charge is 2.29. The maximum Gasteiger partial charge on any atom is 0.303 e. The molecule has 3 aromatic rings. The number of pyridine rings is 2. The van der Waals surface area contributed by atoms with E-state index in [-0.39, 0.29) is 28.9 Å². The maximum absolute atomic E-state index is 13.7. The molecule has 0 radical (unpaired) electrons. The summed E-state index contributed by atoms with van der Waals surface area (Å²) >= 11 is 0. The van der Waals surface area contributed by atoms with Crippen molar-refractivity contribution in [3.05, 3.63) is 53.5 Å². The molecule has 0 aliphatic rings. The molecule has 3 aromatic heterocycles. The molecule has 0 bridgehead atoms. The number of alkyl halides is 2. The van der Waals surface area contributed by atoms with Crippen LogP contribution < -0.4 is 10.6 Å². The van der Waals surface area contributed by atoms with Crippen LogP contribution in [0.5, 0.6) is 0 Å². The molecule has 8 nitrogen and oxygen atoms in total. The second-order valence-corrected chi connectivity index (χ2v) is 6.67. The first-order valence-electron chi connectivity index (χ1n) is 8.92. The van der Waals surface area contributed by atoms with Gasteiger partial charge in [0, 0.05) is 43.4 Å². The van der Waals surface area contributed by atoms with E-state index in [1.165, 1.54) is 31.3 Å². The second kappa shape index (κ2) is 8.35. The second-order valence-electron chi connectivity index (χ2n) is 6.67. The fourth-order valence-corrected chi connectivity index (χ4v) is 2.65. The third kappa shape index (κ3) is 5.11. The summed E-state index contributed by atoms with van der Waals surface area (Å²) in [5.41, 5.74) is 0.699. The monoisotopic (exact) mass is 427 g/mol. The van der Waals surface area contributed by atoms with Gasteiger partial charge in [0.05, 0.1) is 11.4 Å². The van der Waals surface area contributed by atoms with Gasteiger partial charge in [-0.1, -0.05) is 0 Å². The number of hydrogen-bond acceptors (Lipinski definition) is 7. The number of halogens is 3. The number of anilines is 3. The van der Waals surface area contributed by atoms with Crippen LogP contribution in [0.3, 0.4) is 0 Å². The average molecular weight is 427 g/mol. The molecule has 3 rings (SSSR count). The summed E-state index contributed by atoms with van der Waals surface area (Å²) in [6.45, 7) is 3.52. The van der Waals surface area contributed by atoms with Crippen molar-refractivity contribution in [2.45, 2.75) is 26.7 Å². The van der Waals surface area contributed by atoms with Crippen LogP contribution in [-0.4, -0.2) is 25.8 Å². The lowest BCUT2D eigenvalue weighted by Gasteiger charge is -2.15. The minimum absolute atomic E-state index is 0.0628. The van der Waals surface area contributed by atoms with Crippen LogP contribution in [0.4, 0.5) is 30.5 Å². The number of hydrogen-bond donors (Lipinski definition) is 2. The Morgan fingerprint density at radius 3 is 2.55 bits per heavy atom. The highest BCUT2D eigenvalue weighted by Crippen LogP contribution is 2.32. The van der Waals surface area contributed by atoms with E-state index in [9.17, 15) is 18.0 Å². The summed E-state index contributed by atoms with van der Waals surface area (Å²) in [6, 6.07) is 6.97. The van der Waals surface area contributed by atoms with Gasteiger partial charge in [0.1, 0.15) is 17.7 Å². The first kappa shape index (κ1) is 21.6. The van der Waals surface area contributed by atoms with Crippen molar-refractivity contribution in [3.63, 3.8) is 0 Å². The number of aryl methyl sites for hydroxylation is 1. The molecule has 0 unspecified atom stereocenters. The third-order valence-electron chi connectivity index (χ3n) is 3.95. The molecule has 0 saturated carbocycles. The van der Waals surface area contributed by atoms with E-state index in [1.54, 1.807) is 13.0 Å². The van der Waals surface area contributed by atoms with E-state index in [2.05, 4.69) is 30.6 Å². The Hall–Kier alpha value is -4.07. The van der Waals surface area contributed by atoms with E-state index >= 15 is 0 Å². The summed E-state index contributed by atoms with van der Waals surface area (Å²) in [6.07, 6.45) is 1.35. The van der Waals surface area contributed by atoms with Crippen LogP contribution in [0.1, 0.15) is 31.1 Å². The van der Waals surface area contributed by atoms with Crippen LogP contribution in [0.25, 0.3) is 11.3 Å². The summed E-state index contributed by atoms with van der Waals surface area (Å²) < 4.78 is 41.2. The summed E-state index contributed by atoms with van der Waals surface area (Å²) in [5.74, 6) is -4.85. The van der Waals surface area contributed by atoms with Crippen molar-refractivity contribution >= 4 is 23.2 Å². The molecule has 0 atom stereocenters. The molecular weight excluding hydrogens is 411 g/mol. The zero-order valence-corrected chi connectivity index (χ0v) is 16.7. The van der Waals surface area contributed by atoms with Gasteiger partial charge in [-0.15, -0.1) is 0 Å². The van der Waals surface area contributed by atoms with Crippen LogP contribution in [0, 0.1) is 24.1 Å². The maximum atomic E-state index is 13.7. The van der Waals surface area contributed by atoms with Crippen molar-refractivity contribution in [3.8, 4) is 17.3 Å². The summed E-state index contributed by atoms with van der Waals surface area (Å²) in [4.78, 5) is 27.1. The minimum atomic E-state index is -3.26. The Labute approximate surface area is 175 Å². The molecule has 0 spiro atoms. The first-order valence-corrected chi connectivity index (χ1v) is 8.92. The predicted molar refractivity (Wildman–Crippen MR) is 106 cm³/mol. The highest BCUT2D eigenvalue weighted by atomic mass is 19.3. The van der Waals surface area contributed by atoms with Gasteiger partial charge >= 0.3 is 5.92 Å². The van der Waals surface area contributed by atoms with Crippen molar-refractivity contribution in [2.75, 3.05) is 10.6 Å². The molecule has 0 aromatic carbocycles. The Morgan fingerprint density at radius 1 is 1.16 bits per heavy atom. The largest absolute Gasteiger partial charge is 0.339 e. The molecule has 0 aliphatic carbocycles. The number of carbonyl (C=O) groups excluding carboxylic acids is 1. The lowest BCUT2D eigenvalue weighted by atomic mass is 10.1. The Balaban J connectivity index is 2.12. The van der Waals surface area contributed by atoms with E-state index in [1.807, 2.05) is 0 Å². The first-order chi connectivity index (χ1) is 14.6. The third-order valence-corrected chi connectivity index (χ3v) is 3.95. The fraction of sp³-hybridized carbons (Fsp3) is 0.200. The van der Waals surface area contributed by atoms with Gasteiger partial charge in [0.2, 0.25) is 11.7 Å². The van der Waals surface area contributed by atoms with Gasteiger partial charge in [-0.2, -0.15) is 14.0 Å². The number of carbonyl (C=O) groups is 1. The quantitative estimate of drug-likeness (QED) is 0.630. The number of nitrogens with zero attached hydrogens (tertiary/aromatic N) is 5. The van der Waals surface area contributed by atoms with Crippen LogP contribution in [0.2, 0.25) is 0 Å². The lowest BCUT2D eigenvalue weighted by Crippen LogP contribution is -2.14. The number of rotatable bonds is 5. The summed E-state index contributed by atoms with van der Waals surface area (Å²) in [7, 11) is 0. The van der Waals surface area contributed by atoms with Gasteiger partial charge in [-0.05, 0) is 19.1 Å². The molecule has 0 fully saturated rings. The van der Waals surface area contributed by atoms with Crippen molar-refractivity contribution in [2.24, 2.45) is 0 Å². The van der Waals surface area contributed by atoms with Gasteiger partial charge in [-0.3, -0.25) is 4.79 Å². The minimum Gasteiger partial charge on any atom is -0.339 e. The Bertz CT molecular complexity index is 1200. The SMILES string of the molecule is CC(=O)Nc1cc(Nc2cc(C)nc(C(C)(F)F)n2)c(-c2ccc(F)c(C#N)n2)cn1. The average Bonchev–Trinajstić information content (AvgIpc) is 2.67. The van der Waals surface area contributed by atoms with Gasteiger partial charge in [0.15, 0.2) is 11.5 Å². The molecule has 2 N–H and O–H groups in total. The normalized spacial score (nSPS) is 11.0. The van der Waals surface area contributed by atoms with E-state index in [0.717, 1.165) is 6.07 Å². The van der Waals surface area contributed by atoms with Gasteiger partial charge in [-0.25, -0.2) is 24.3 Å². The van der Waals surface area contributed by atoms with E-state index in [4.69, 9.17) is 5.26 Å². The number of nitriles is 1. The zero-order valence-electron chi connectivity index (χ0n) is 16.7.